The van der Waals surface area contributed by atoms with E-state index in [1.54, 1.807) is 34.3 Å². The van der Waals surface area contributed by atoms with E-state index in [1.165, 1.54) is 36.6 Å². The van der Waals surface area contributed by atoms with Crippen LogP contribution in [-0.4, -0.2) is 38.2 Å². The third kappa shape index (κ3) is 5.14. The van der Waals surface area contributed by atoms with Crippen molar-refractivity contribution >= 4 is 22.4 Å². The highest BCUT2D eigenvalue weighted by Crippen LogP contribution is 2.33. The number of benzene rings is 2. The van der Waals surface area contributed by atoms with Crippen molar-refractivity contribution in [3.05, 3.63) is 65.0 Å². The predicted molar refractivity (Wildman–Crippen MR) is 121 cm³/mol. The number of carbonyl (C=O) groups excluding carboxylic acids is 1. The van der Waals surface area contributed by atoms with E-state index in [1.807, 2.05) is 13.8 Å². The number of nitrogens with one attached hydrogen (secondary N) is 1. The van der Waals surface area contributed by atoms with Crippen molar-refractivity contribution in [2.24, 2.45) is 0 Å². The number of halogens is 1. The number of hydrogen-bond donors (Lipinski definition) is 1. The molecule has 11 heteroatoms. The van der Waals surface area contributed by atoms with E-state index in [9.17, 15) is 9.18 Å². The van der Waals surface area contributed by atoms with Crippen LogP contribution in [0, 0.1) is 5.82 Å². The molecular weight excluding hydrogens is 447 g/mol. The number of rotatable bonds is 8. The van der Waals surface area contributed by atoms with Gasteiger partial charge in [0, 0.05) is 16.5 Å². The minimum atomic E-state index is -0.396. The molecule has 1 amide bonds. The first-order chi connectivity index (χ1) is 15.9. The van der Waals surface area contributed by atoms with Crippen LogP contribution in [0.5, 0.6) is 11.5 Å². The van der Waals surface area contributed by atoms with Crippen LogP contribution in [0.2, 0.25) is 0 Å². The molecule has 170 valence electrons. The fourth-order valence-electron chi connectivity index (χ4n) is 3.06. The fourth-order valence-corrected chi connectivity index (χ4v) is 3.77. The Bertz CT molecular complexity index is 1260. The lowest BCUT2D eigenvalue weighted by Gasteiger charge is -2.09. The van der Waals surface area contributed by atoms with Gasteiger partial charge in [0.1, 0.15) is 23.9 Å². The Balaban J connectivity index is 1.39. The maximum absolute atomic E-state index is 13.7. The van der Waals surface area contributed by atoms with Crippen LogP contribution in [0.15, 0.2) is 47.8 Å². The second kappa shape index (κ2) is 9.74. The summed E-state index contributed by atoms with van der Waals surface area (Å²) in [5.41, 5.74) is 1.47. The second-order valence-electron chi connectivity index (χ2n) is 7.28. The molecule has 0 fully saturated rings. The van der Waals surface area contributed by atoms with E-state index in [4.69, 9.17) is 9.47 Å². The van der Waals surface area contributed by atoms with E-state index < -0.39 is 5.82 Å². The normalized spacial score (nSPS) is 10.9. The lowest BCUT2D eigenvalue weighted by Crippen LogP contribution is -2.12. The van der Waals surface area contributed by atoms with Crippen LogP contribution >= 0.6 is 11.3 Å². The zero-order valence-electron chi connectivity index (χ0n) is 18.2. The molecule has 0 unspecified atom stereocenters. The molecule has 0 radical (unpaired) electrons. The lowest BCUT2D eigenvalue weighted by molar-refractivity contribution is 0.102. The van der Waals surface area contributed by atoms with Crippen molar-refractivity contribution in [3.63, 3.8) is 0 Å². The molecule has 4 aromatic rings. The first-order valence-corrected chi connectivity index (χ1v) is 10.9. The molecule has 0 saturated heterocycles. The number of ether oxygens (including phenoxy) is 2. The zero-order valence-corrected chi connectivity index (χ0v) is 19.0. The number of anilines is 1. The first kappa shape index (κ1) is 22.3. The average Bonchev–Trinajstić information content (AvgIpc) is 3.47. The van der Waals surface area contributed by atoms with Crippen LogP contribution in [0.1, 0.15) is 36.1 Å². The molecular formula is C22H21FN6O3S. The number of hydrogen-bond acceptors (Lipinski definition) is 8. The Morgan fingerprint density at radius 1 is 1.21 bits per heavy atom. The minimum Gasteiger partial charge on any atom is -0.496 e. The van der Waals surface area contributed by atoms with Crippen LogP contribution in [-0.2, 0) is 6.61 Å². The van der Waals surface area contributed by atoms with Gasteiger partial charge in [0.25, 0.3) is 5.91 Å². The van der Waals surface area contributed by atoms with Gasteiger partial charge in [-0.3, -0.25) is 10.1 Å². The minimum absolute atomic E-state index is 0.123. The predicted octanol–water partition coefficient (Wildman–Crippen LogP) is 4.36. The molecule has 0 saturated carbocycles. The van der Waals surface area contributed by atoms with Gasteiger partial charge in [0.05, 0.1) is 18.8 Å². The second-order valence-corrected chi connectivity index (χ2v) is 8.14. The number of thiazole rings is 1. The van der Waals surface area contributed by atoms with Crippen molar-refractivity contribution in [2.75, 3.05) is 12.4 Å². The summed E-state index contributed by atoms with van der Waals surface area (Å²) in [7, 11) is 1.51. The third-order valence-electron chi connectivity index (χ3n) is 4.70. The number of aromatic nitrogens is 5. The fraction of sp³-hybridized carbons (Fsp3) is 0.227. The van der Waals surface area contributed by atoms with E-state index >= 15 is 0 Å². The average molecular weight is 469 g/mol. The van der Waals surface area contributed by atoms with Gasteiger partial charge in [-0.05, 0) is 66.7 Å². The highest BCUT2D eigenvalue weighted by Gasteiger charge is 2.14. The Morgan fingerprint density at radius 2 is 2.00 bits per heavy atom. The summed E-state index contributed by atoms with van der Waals surface area (Å²) in [6.45, 7) is 4.17. The molecule has 2 aromatic heterocycles. The Hall–Kier alpha value is -3.86. The molecule has 4 rings (SSSR count). The number of tetrazole rings is 1. The summed E-state index contributed by atoms with van der Waals surface area (Å²) in [6, 6.07) is 11.0. The molecule has 0 aliphatic rings. The van der Waals surface area contributed by atoms with Gasteiger partial charge in [-0.25, -0.2) is 14.1 Å². The van der Waals surface area contributed by atoms with Gasteiger partial charge in [-0.2, -0.15) is 0 Å². The maximum atomic E-state index is 13.7. The highest BCUT2D eigenvalue weighted by molar-refractivity contribution is 7.14. The third-order valence-corrected chi connectivity index (χ3v) is 5.45. The molecule has 2 aromatic carbocycles. The zero-order chi connectivity index (χ0) is 23.4. The van der Waals surface area contributed by atoms with Crippen molar-refractivity contribution in [1.82, 2.24) is 25.2 Å². The van der Waals surface area contributed by atoms with Crippen LogP contribution in [0.3, 0.4) is 0 Å². The highest BCUT2D eigenvalue weighted by atomic mass is 32.1. The quantitative estimate of drug-likeness (QED) is 0.410. The van der Waals surface area contributed by atoms with Crippen molar-refractivity contribution in [2.45, 2.75) is 26.5 Å². The molecule has 0 atom stereocenters. The van der Waals surface area contributed by atoms with Crippen molar-refractivity contribution in [1.29, 1.82) is 0 Å². The first-order valence-electron chi connectivity index (χ1n) is 10.0. The Morgan fingerprint density at radius 3 is 2.73 bits per heavy atom. The van der Waals surface area contributed by atoms with Crippen LogP contribution in [0.4, 0.5) is 9.52 Å². The Kier molecular flexibility index (Phi) is 6.59. The largest absolute Gasteiger partial charge is 0.496 e. The molecule has 0 spiro atoms. The molecule has 2 heterocycles. The summed E-state index contributed by atoms with van der Waals surface area (Å²) in [5, 5.41) is 16.4. The van der Waals surface area contributed by atoms with E-state index in [2.05, 4.69) is 25.8 Å². The summed E-state index contributed by atoms with van der Waals surface area (Å²) in [5.74, 6) is 0.975. The van der Waals surface area contributed by atoms with Gasteiger partial charge in [-0.15, -0.1) is 16.4 Å². The van der Waals surface area contributed by atoms with Gasteiger partial charge < -0.3 is 9.47 Å². The molecule has 0 aliphatic carbocycles. The molecule has 9 nitrogen and oxygen atoms in total. The summed E-state index contributed by atoms with van der Waals surface area (Å²) in [4.78, 5) is 17.0. The smallest absolute Gasteiger partial charge is 0.257 e. The summed E-state index contributed by atoms with van der Waals surface area (Å²) in [6.07, 6.45) is 0. The van der Waals surface area contributed by atoms with Crippen LogP contribution < -0.4 is 14.8 Å². The molecule has 1 N–H and O–H groups in total. The standard InChI is InChI=1S/C22H21FN6O3S/c1-13(2)29-20(26-27-28-29)11-32-16-7-4-14(5-8-16)21(30)25-22-24-18(12-33-22)17-10-15(23)6-9-19(17)31-3/h4-10,12-13H,11H2,1-3H3,(H,24,25,30). The number of carbonyl (C=O) groups is 1. The monoisotopic (exact) mass is 468 g/mol. The van der Waals surface area contributed by atoms with Gasteiger partial charge in [0.2, 0.25) is 0 Å². The van der Waals surface area contributed by atoms with Gasteiger partial charge >= 0.3 is 0 Å². The number of amides is 1. The topological polar surface area (TPSA) is 104 Å². The molecule has 0 aliphatic heterocycles. The Labute approximate surface area is 193 Å². The maximum Gasteiger partial charge on any atom is 0.257 e. The van der Waals surface area contributed by atoms with E-state index in [0.29, 0.717) is 39.3 Å². The van der Waals surface area contributed by atoms with E-state index in [-0.39, 0.29) is 18.6 Å². The van der Waals surface area contributed by atoms with Crippen LogP contribution in [0.25, 0.3) is 11.3 Å². The van der Waals surface area contributed by atoms with Crippen molar-refractivity contribution < 1.29 is 18.7 Å². The summed E-state index contributed by atoms with van der Waals surface area (Å²) < 4.78 is 26.3. The summed E-state index contributed by atoms with van der Waals surface area (Å²) >= 11 is 1.24. The molecule has 0 bridgehead atoms. The molecule has 33 heavy (non-hydrogen) atoms. The van der Waals surface area contributed by atoms with E-state index in [0.717, 1.165) is 0 Å². The number of methoxy groups -OCH3 is 1. The SMILES string of the molecule is COc1ccc(F)cc1-c1csc(NC(=O)c2ccc(OCc3nnnn3C(C)C)cc2)n1. The number of nitrogens with zero attached hydrogens (tertiary/aromatic N) is 5. The lowest BCUT2D eigenvalue weighted by atomic mass is 10.1. The van der Waals surface area contributed by atoms with Gasteiger partial charge in [-0.1, -0.05) is 0 Å². The van der Waals surface area contributed by atoms with Gasteiger partial charge in [0.15, 0.2) is 11.0 Å². The van der Waals surface area contributed by atoms with Crippen molar-refractivity contribution in [3.8, 4) is 22.8 Å².